The maximum atomic E-state index is 5.96. The van der Waals surface area contributed by atoms with Gasteiger partial charge in [-0.25, -0.2) is 0 Å². The largest absolute Gasteiger partial charge is 0.446 e. The van der Waals surface area contributed by atoms with Gasteiger partial charge in [-0.05, 0) is 35.7 Å². The van der Waals surface area contributed by atoms with Crippen LogP contribution < -0.4 is 0 Å². The minimum Gasteiger partial charge on any atom is -0.446 e. The highest BCUT2D eigenvalue weighted by atomic mass is 16.3. The van der Waals surface area contributed by atoms with E-state index >= 15 is 0 Å². The molecule has 0 N–H and O–H groups in total. The molecular formula is C22H15NO. The third-order valence-corrected chi connectivity index (χ3v) is 3.86. The van der Waals surface area contributed by atoms with Gasteiger partial charge in [0.2, 0.25) is 0 Å². The van der Waals surface area contributed by atoms with E-state index in [1.54, 1.807) is 6.20 Å². The second-order valence-corrected chi connectivity index (χ2v) is 5.54. The summed E-state index contributed by atoms with van der Waals surface area (Å²) in [4.78, 5) is 4.49. The molecule has 2 heteroatoms. The molecule has 2 aromatic carbocycles. The van der Waals surface area contributed by atoms with Crippen LogP contribution >= 0.6 is 0 Å². The van der Waals surface area contributed by atoms with E-state index in [-0.39, 0.29) is 0 Å². The minimum atomic E-state index is 0.691. The Morgan fingerprint density at radius 3 is 2.33 bits per heavy atom. The van der Waals surface area contributed by atoms with E-state index in [0.717, 1.165) is 28.6 Å². The summed E-state index contributed by atoms with van der Waals surface area (Å²) in [5.74, 6) is 7.05. The first kappa shape index (κ1) is 14.3. The van der Waals surface area contributed by atoms with Gasteiger partial charge < -0.3 is 4.42 Å². The Hall–Kier alpha value is -3.31. The summed E-state index contributed by atoms with van der Waals surface area (Å²) < 4.78 is 5.96. The van der Waals surface area contributed by atoms with E-state index in [2.05, 4.69) is 29.0 Å². The number of hydrogen-bond donors (Lipinski definition) is 0. The summed E-state index contributed by atoms with van der Waals surface area (Å²) in [5.41, 5.74) is 4.89. The predicted molar refractivity (Wildman–Crippen MR) is 95.7 cm³/mol. The van der Waals surface area contributed by atoms with Gasteiger partial charge in [-0.1, -0.05) is 54.5 Å². The van der Waals surface area contributed by atoms with Gasteiger partial charge in [-0.2, -0.15) is 0 Å². The van der Waals surface area contributed by atoms with Crippen LogP contribution in [0.25, 0.3) is 11.1 Å². The van der Waals surface area contributed by atoms with E-state index in [1.807, 2.05) is 60.7 Å². The molecule has 24 heavy (non-hydrogen) atoms. The molecule has 4 aromatic rings. The number of fused-ring (bicyclic) bond motifs is 1. The predicted octanol–water partition coefficient (Wildman–Crippen LogP) is 4.82. The third kappa shape index (κ3) is 2.93. The molecule has 114 valence electrons. The Balaban J connectivity index is 1.80. The summed E-state index contributed by atoms with van der Waals surface area (Å²) in [6.07, 6.45) is 2.55. The molecule has 0 unspecified atom stereocenters. The molecule has 0 saturated carbocycles. The Bertz CT molecular complexity index is 1020. The van der Waals surface area contributed by atoms with Crippen molar-refractivity contribution in [1.82, 2.24) is 4.98 Å². The number of nitrogens with zero attached hydrogens (tertiary/aromatic N) is 1. The summed E-state index contributed by atoms with van der Waals surface area (Å²) in [7, 11) is 0. The first-order valence-electron chi connectivity index (χ1n) is 7.87. The average molecular weight is 309 g/mol. The van der Waals surface area contributed by atoms with Crippen molar-refractivity contribution in [1.29, 1.82) is 0 Å². The van der Waals surface area contributed by atoms with Gasteiger partial charge in [0.05, 0.1) is 0 Å². The van der Waals surface area contributed by atoms with Gasteiger partial charge in [0.25, 0.3) is 0 Å². The molecular weight excluding hydrogens is 294 g/mol. The summed E-state index contributed by atoms with van der Waals surface area (Å²) >= 11 is 0. The summed E-state index contributed by atoms with van der Waals surface area (Å²) in [6, 6.07) is 24.1. The molecule has 0 aliphatic rings. The summed E-state index contributed by atoms with van der Waals surface area (Å²) in [6.45, 7) is 0. The number of rotatable bonds is 2. The van der Waals surface area contributed by atoms with E-state index in [1.165, 1.54) is 5.56 Å². The lowest BCUT2D eigenvalue weighted by molar-refractivity contribution is 0.596. The first-order chi connectivity index (χ1) is 11.9. The van der Waals surface area contributed by atoms with Crippen LogP contribution in [0.3, 0.4) is 0 Å². The second-order valence-electron chi connectivity index (χ2n) is 5.54. The van der Waals surface area contributed by atoms with Crippen molar-refractivity contribution in [3.05, 3.63) is 101 Å². The van der Waals surface area contributed by atoms with Gasteiger partial charge >= 0.3 is 0 Å². The number of benzene rings is 2. The quantitative estimate of drug-likeness (QED) is 0.496. The van der Waals surface area contributed by atoms with E-state index in [4.69, 9.17) is 4.42 Å². The molecule has 2 aromatic heterocycles. The van der Waals surface area contributed by atoms with Gasteiger partial charge in [0.15, 0.2) is 11.3 Å². The highest BCUT2D eigenvalue weighted by Gasteiger charge is 2.14. The zero-order valence-electron chi connectivity index (χ0n) is 13.1. The molecule has 2 heterocycles. The van der Waals surface area contributed by atoms with Gasteiger partial charge in [0.1, 0.15) is 5.52 Å². The number of aromatic nitrogens is 1. The maximum absolute atomic E-state index is 5.96. The van der Waals surface area contributed by atoms with Crippen molar-refractivity contribution in [2.45, 2.75) is 6.42 Å². The van der Waals surface area contributed by atoms with Crippen LogP contribution in [-0.2, 0) is 6.42 Å². The fourth-order valence-corrected chi connectivity index (χ4v) is 2.69. The Labute approximate surface area is 140 Å². The molecule has 0 saturated heterocycles. The normalized spacial score (nSPS) is 10.3. The van der Waals surface area contributed by atoms with E-state index < -0.39 is 0 Å². The lowest BCUT2D eigenvalue weighted by Gasteiger charge is -1.99. The molecule has 2 nitrogen and oxygen atoms in total. The van der Waals surface area contributed by atoms with Crippen LogP contribution in [0.2, 0.25) is 0 Å². The van der Waals surface area contributed by atoms with Crippen LogP contribution in [-0.4, -0.2) is 4.98 Å². The zero-order chi connectivity index (χ0) is 16.2. The number of pyridine rings is 1. The van der Waals surface area contributed by atoms with Crippen LogP contribution in [0.15, 0.2) is 83.4 Å². The van der Waals surface area contributed by atoms with Crippen molar-refractivity contribution in [3.8, 4) is 11.8 Å². The van der Waals surface area contributed by atoms with Gasteiger partial charge in [-0.15, -0.1) is 0 Å². The average Bonchev–Trinajstić information content (AvgIpc) is 2.99. The summed E-state index contributed by atoms with van der Waals surface area (Å²) in [5, 5.41) is 0. The van der Waals surface area contributed by atoms with E-state index in [0.29, 0.717) is 5.76 Å². The smallest absolute Gasteiger partial charge is 0.183 e. The zero-order valence-corrected chi connectivity index (χ0v) is 13.1. The molecule has 0 aliphatic carbocycles. The van der Waals surface area contributed by atoms with Crippen LogP contribution in [0, 0.1) is 11.8 Å². The lowest BCUT2D eigenvalue weighted by atomic mass is 10.0. The Kier molecular flexibility index (Phi) is 3.83. The SMILES string of the molecule is C(#Cc1oc2cccnc2c1Cc1ccccc1)c1ccccc1. The first-order valence-corrected chi connectivity index (χ1v) is 7.87. The number of furan rings is 1. The molecule has 0 radical (unpaired) electrons. The fourth-order valence-electron chi connectivity index (χ4n) is 2.69. The molecule has 0 spiro atoms. The highest BCUT2D eigenvalue weighted by molar-refractivity contribution is 5.79. The van der Waals surface area contributed by atoms with Gasteiger partial charge in [0, 0.05) is 23.7 Å². The maximum Gasteiger partial charge on any atom is 0.183 e. The second kappa shape index (κ2) is 6.44. The Morgan fingerprint density at radius 1 is 0.792 bits per heavy atom. The van der Waals surface area contributed by atoms with Crippen molar-refractivity contribution in [2.75, 3.05) is 0 Å². The highest BCUT2D eigenvalue weighted by Crippen LogP contribution is 2.26. The molecule has 0 amide bonds. The molecule has 0 atom stereocenters. The monoisotopic (exact) mass is 309 g/mol. The molecule has 0 fully saturated rings. The van der Waals surface area contributed by atoms with E-state index in [9.17, 15) is 0 Å². The van der Waals surface area contributed by atoms with Crippen molar-refractivity contribution in [3.63, 3.8) is 0 Å². The minimum absolute atomic E-state index is 0.691. The topological polar surface area (TPSA) is 26.0 Å². The molecule has 0 aliphatic heterocycles. The third-order valence-electron chi connectivity index (χ3n) is 3.86. The fraction of sp³-hybridized carbons (Fsp3) is 0.0455. The molecule has 0 bridgehead atoms. The van der Waals surface area contributed by atoms with Crippen molar-refractivity contribution < 1.29 is 4.42 Å². The molecule has 4 rings (SSSR count). The Morgan fingerprint density at radius 2 is 1.54 bits per heavy atom. The van der Waals surface area contributed by atoms with Crippen LogP contribution in [0.5, 0.6) is 0 Å². The van der Waals surface area contributed by atoms with Crippen molar-refractivity contribution >= 4 is 11.1 Å². The van der Waals surface area contributed by atoms with Crippen LogP contribution in [0.1, 0.15) is 22.5 Å². The van der Waals surface area contributed by atoms with Crippen molar-refractivity contribution in [2.24, 2.45) is 0 Å². The number of hydrogen-bond acceptors (Lipinski definition) is 2. The lowest BCUT2D eigenvalue weighted by Crippen LogP contribution is -1.90. The van der Waals surface area contributed by atoms with Crippen LogP contribution in [0.4, 0.5) is 0 Å². The van der Waals surface area contributed by atoms with Gasteiger partial charge in [-0.3, -0.25) is 4.98 Å². The standard InChI is InChI=1S/C22H15NO/c1-3-8-17(9-4-1)13-14-20-19(16-18-10-5-2-6-11-18)22-21(24-20)12-7-15-23-22/h1-12,15H,16H2.